The zero-order valence-corrected chi connectivity index (χ0v) is 16.1. The third-order valence-corrected chi connectivity index (χ3v) is 5.47. The molecule has 1 atom stereocenters. The zero-order valence-electron chi connectivity index (χ0n) is 13.8. The van der Waals surface area contributed by atoms with E-state index in [1.807, 2.05) is 0 Å². The number of amidine groups is 1. The van der Waals surface area contributed by atoms with Crippen LogP contribution in [0.25, 0.3) is 0 Å². The molecule has 26 heavy (non-hydrogen) atoms. The zero-order chi connectivity index (χ0) is 18.7. The van der Waals surface area contributed by atoms with Gasteiger partial charge in [-0.2, -0.15) is 0 Å². The smallest absolute Gasteiger partial charge is 0.238 e. The number of amides is 2. The fourth-order valence-electron chi connectivity index (χ4n) is 2.28. The molecule has 3 rings (SSSR count). The van der Waals surface area contributed by atoms with E-state index in [1.165, 1.54) is 16.7 Å². The molecule has 1 aliphatic rings. The number of anilines is 1. The SMILES string of the molecule is CN1C(=O)C[C@@H](C(=O)Nc2ccc(Cl)cc2)SC1=Nc1ccc(Cl)cc1. The minimum absolute atomic E-state index is 0.111. The lowest BCUT2D eigenvalue weighted by Gasteiger charge is -2.28. The van der Waals surface area contributed by atoms with Crippen molar-refractivity contribution in [3.05, 3.63) is 58.6 Å². The fourth-order valence-corrected chi connectivity index (χ4v) is 3.60. The highest BCUT2D eigenvalue weighted by atomic mass is 35.5. The normalized spacial score (nSPS) is 18.9. The van der Waals surface area contributed by atoms with E-state index in [1.54, 1.807) is 55.6 Å². The minimum Gasteiger partial charge on any atom is -0.325 e. The Kier molecular flexibility index (Phi) is 5.86. The molecule has 2 aromatic rings. The van der Waals surface area contributed by atoms with E-state index in [9.17, 15) is 9.59 Å². The Morgan fingerprint density at radius 1 is 1.12 bits per heavy atom. The number of thioether (sulfide) groups is 1. The predicted molar refractivity (Wildman–Crippen MR) is 107 cm³/mol. The molecule has 2 amide bonds. The number of carbonyl (C=O) groups excluding carboxylic acids is 2. The van der Waals surface area contributed by atoms with Crippen molar-refractivity contribution < 1.29 is 9.59 Å². The van der Waals surface area contributed by atoms with E-state index < -0.39 is 5.25 Å². The van der Waals surface area contributed by atoms with Crippen LogP contribution in [-0.2, 0) is 9.59 Å². The molecule has 8 heteroatoms. The Morgan fingerprint density at radius 2 is 1.69 bits per heavy atom. The van der Waals surface area contributed by atoms with E-state index in [4.69, 9.17) is 23.2 Å². The molecule has 5 nitrogen and oxygen atoms in total. The van der Waals surface area contributed by atoms with Gasteiger partial charge in [0.05, 0.1) is 5.69 Å². The predicted octanol–water partition coefficient (Wildman–Crippen LogP) is 4.58. The largest absolute Gasteiger partial charge is 0.325 e. The van der Waals surface area contributed by atoms with Crippen LogP contribution in [0.3, 0.4) is 0 Å². The monoisotopic (exact) mass is 407 g/mol. The molecule has 1 fully saturated rings. The summed E-state index contributed by atoms with van der Waals surface area (Å²) in [5, 5.41) is 3.92. The van der Waals surface area contributed by atoms with Gasteiger partial charge in [0.2, 0.25) is 11.8 Å². The molecule has 0 aliphatic carbocycles. The van der Waals surface area contributed by atoms with Crippen LogP contribution in [0.1, 0.15) is 6.42 Å². The summed E-state index contributed by atoms with van der Waals surface area (Å²) >= 11 is 13.0. The highest BCUT2D eigenvalue weighted by Crippen LogP contribution is 2.29. The number of rotatable bonds is 3. The first-order valence-corrected chi connectivity index (χ1v) is 9.40. The maximum absolute atomic E-state index is 12.5. The van der Waals surface area contributed by atoms with Gasteiger partial charge in [0.25, 0.3) is 0 Å². The molecule has 1 aliphatic heterocycles. The second-order valence-electron chi connectivity index (χ2n) is 5.63. The van der Waals surface area contributed by atoms with Crippen LogP contribution in [0.15, 0.2) is 53.5 Å². The number of nitrogens with one attached hydrogen (secondary N) is 1. The standard InChI is InChI=1S/C18H15Cl2N3O2S/c1-23-16(24)10-15(17(25)21-13-6-2-11(19)3-7-13)26-18(23)22-14-8-4-12(20)5-9-14/h2-9,15H,10H2,1H3,(H,21,25)/t15-/m0/s1. The van der Waals surface area contributed by atoms with Gasteiger partial charge in [0.1, 0.15) is 5.25 Å². The minimum atomic E-state index is -0.555. The second-order valence-corrected chi connectivity index (χ2v) is 7.67. The van der Waals surface area contributed by atoms with E-state index in [0.29, 0.717) is 26.6 Å². The van der Waals surface area contributed by atoms with E-state index in [2.05, 4.69) is 10.3 Å². The van der Waals surface area contributed by atoms with Gasteiger partial charge < -0.3 is 5.32 Å². The van der Waals surface area contributed by atoms with Crippen molar-refractivity contribution in [1.29, 1.82) is 0 Å². The van der Waals surface area contributed by atoms with Gasteiger partial charge in [0, 0.05) is 29.2 Å². The van der Waals surface area contributed by atoms with Crippen LogP contribution < -0.4 is 5.32 Å². The van der Waals surface area contributed by atoms with Gasteiger partial charge in [-0.15, -0.1) is 0 Å². The van der Waals surface area contributed by atoms with Crippen LogP contribution in [0.2, 0.25) is 10.0 Å². The van der Waals surface area contributed by atoms with Gasteiger partial charge in [-0.1, -0.05) is 35.0 Å². The van der Waals surface area contributed by atoms with Crippen molar-refractivity contribution in [1.82, 2.24) is 4.90 Å². The van der Waals surface area contributed by atoms with Crippen molar-refractivity contribution >= 4 is 63.3 Å². The van der Waals surface area contributed by atoms with Crippen LogP contribution in [0.4, 0.5) is 11.4 Å². The summed E-state index contributed by atoms with van der Waals surface area (Å²) in [5.74, 6) is -0.407. The van der Waals surface area contributed by atoms with Crippen LogP contribution in [0, 0.1) is 0 Å². The number of benzene rings is 2. The lowest BCUT2D eigenvalue weighted by molar-refractivity contribution is -0.128. The molecule has 0 bridgehead atoms. The number of halogens is 2. The molecule has 1 heterocycles. The van der Waals surface area contributed by atoms with E-state index in [-0.39, 0.29) is 18.2 Å². The molecule has 0 aromatic heterocycles. The Bertz CT molecular complexity index is 854. The number of hydrogen-bond donors (Lipinski definition) is 1. The molecular weight excluding hydrogens is 393 g/mol. The molecule has 134 valence electrons. The molecule has 0 radical (unpaired) electrons. The number of aliphatic imine (C=N–C) groups is 1. The average Bonchev–Trinajstić information content (AvgIpc) is 2.62. The maximum atomic E-state index is 12.5. The average molecular weight is 408 g/mol. The molecule has 1 saturated heterocycles. The number of nitrogens with zero attached hydrogens (tertiary/aromatic N) is 2. The molecule has 0 spiro atoms. The third kappa shape index (κ3) is 4.58. The van der Waals surface area contributed by atoms with Crippen molar-refractivity contribution in [2.75, 3.05) is 12.4 Å². The molecule has 2 aromatic carbocycles. The summed E-state index contributed by atoms with van der Waals surface area (Å²) in [7, 11) is 1.65. The van der Waals surface area contributed by atoms with Gasteiger partial charge >= 0.3 is 0 Å². The van der Waals surface area contributed by atoms with Crippen molar-refractivity contribution in [2.24, 2.45) is 4.99 Å². The summed E-state index contributed by atoms with van der Waals surface area (Å²) in [6.45, 7) is 0. The highest BCUT2D eigenvalue weighted by Gasteiger charge is 2.34. The van der Waals surface area contributed by atoms with Crippen LogP contribution in [0.5, 0.6) is 0 Å². The van der Waals surface area contributed by atoms with E-state index in [0.717, 1.165) is 0 Å². The Balaban J connectivity index is 1.76. The third-order valence-electron chi connectivity index (χ3n) is 3.72. The van der Waals surface area contributed by atoms with Gasteiger partial charge in [0.15, 0.2) is 5.17 Å². The Morgan fingerprint density at radius 3 is 2.31 bits per heavy atom. The highest BCUT2D eigenvalue weighted by molar-refractivity contribution is 8.15. The van der Waals surface area contributed by atoms with Crippen molar-refractivity contribution in [3.63, 3.8) is 0 Å². The van der Waals surface area contributed by atoms with E-state index >= 15 is 0 Å². The summed E-state index contributed by atoms with van der Waals surface area (Å²) in [5.41, 5.74) is 1.29. The van der Waals surface area contributed by atoms with Gasteiger partial charge in [-0.3, -0.25) is 14.5 Å². The molecular formula is C18H15Cl2N3O2S. The van der Waals surface area contributed by atoms with Crippen molar-refractivity contribution in [2.45, 2.75) is 11.7 Å². The summed E-state index contributed by atoms with van der Waals surface area (Å²) in [4.78, 5) is 30.7. The first-order chi connectivity index (χ1) is 12.4. The molecule has 0 saturated carbocycles. The number of hydrogen-bond acceptors (Lipinski definition) is 4. The van der Waals surface area contributed by atoms with Gasteiger partial charge in [-0.25, -0.2) is 4.99 Å². The Hall–Kier alpha value is -2.02. The molecule has 0 unspecified atom stereocenters. The summed E-state index contributed by atoms with van der Waals surface area (Å²) in [6.07, 6.45) is 0.111. The van der Waals surface area contributed by atoms with Gasteiger partial charge in [-0.05, 0) is 48.5 Å². The topological polar surface area (TPSA) is 61.8 Å². The Labute approximate surface area is 165 Å². The first-order valence-electron chi connectivity index (χ1n) is 7.76. The van der Waals surface area contributed by atoms with Crippen LogP contribution >= 0.6 is 35.0 Å². The number of carbonyl (C=O) groups is 2. The summed E-state index contributed by atoms with van der Waals surface area (Å²) < 4.78 is 0. The maximum Gasteiger partial charge on any atom is 0.238 e. The first kappa shape index (κ1) is 18.8. The second kappa shape index (κ2) is 8.12. The fraction of sp³-hybridized carbons (Fsp3) is 0.167. The molecule has 1 N–H and O–H groups in total. The van der Waals surface area contributed by atoms with Crippen LogP contribution in [-0.4, -0.2) is 34.2 Å². The lowest BCUT2D eigenvalue weighted by atomic mass is 10.2. The lowest BCUT2D eigenvalue weighted by Crippen LogP contribution is -2.43. The quantitative estimate of drug-likeness (QED) is 0.809. The summed E-state index contributed by atoms with van der Waals surface area (Å²) in [6, 6.07) is 13.8. The van der Waals surface area contributed by atoms with Crippen molar-refractivity contribution in [3.8, 4) is 0 Å².